The number of morpholine rings is 1. The topological polar surface area (TPSA) is 29.5 Å². The minimum absolute atomic E-state index is 0.529. The summed E-state index contributed by atoms with van der Waals surface area (Å²) in [6.07, 6.45) is 2.74. The van der Waals surface area contributed by atoms with Crippen LogP contribution in [-0.2, 0) is 4.74 Å². The summed E-state index contributed by atoms with van der Waals surface area (Å²) in [7, 11) is 0. The normalized spacial score (nSPS) is 15.0. The summed E-state index contributed by atoms with van der Waals surface area (Å²) in [5.41, 5.74) is 1.35. The van der Waals surface area contributed by atoms with E-state index in [2.05, 4.69) is 4.90 Å². The molecule has 1 saturated heterocycles. The SMILES string of the molecule is O=C(/C=C/c1ccc(N2CCOCC2)cc1)c1c(F)cccc1F. The molecule has 0 bridgehead atoms. The highest BCUT2D eigenvalue weighted by molar-refractivity contribution is 6.07. The second-order valence-electron chi connectivity index (χ2n) is 5.49. The molecule has 1 aliphatic heterocycles. The highest BCUT2D eigenvalue weighted by atomic mass is 19.1. The highest BCUT2D eigenvalue weighted by Gasteiger charge is 2.14. The van der Waals surface area contributed by atoms with E-state index < -0.39 is 23.0 Å². The van der Waals surface area contributed by atoms with Gasteiger partial charge in [0.2, 0.25) is 0 Å². The first-order valence-electron chi connectivity index (χ1n) is 7.74. The Morgan fingerprint density at radius 1 is 1.00 bits per heavy atom. The monoisotopic (exact) mass is 329 g/mol. The molecule has 0 atom stereocenters. The van der Waals surface area contributed by atoms with Crippen molar-refractivity contribution in [2.24, 2.45) is 0 Å². The minimum atomic E-state index is -0.854. The van der Waals surface area contributed by atoms with E-state index in [0.717, 1.165) is 36.5 Å². The Labute approximate surface area is 139 Å². The predicted octanol–water partition coefficient (Wildman–Crippen LogP) is 3.70. The van der Waals surface area contributed by atoms with Crippen LogP contribution in [-0.4, -0.2) is 32.1 Å². The summed E-state index contributed by atoms with van der Waals surface area (Å²) in [4.78, 5) is 14.2. The number of hydrogen-bond acceptors (Lipinski definition) is 3. The maximum absolute atomic E-state index is 13.6. The summed E-state index contributed by atoms with van der Waals surface area (Å²) in [6.45, 7) is 3.12. The van der Waals surface area contributed by atoms with E-state index in [0.29, 0.717) is 13.2 Å². The Bertz CT molecular complexity index is 730. The molecule has 24 heavy (non-hydrogen) atoms. The Morgan fingerprint density at radius 3 is 2.25 bits per heavy atom. The molecule has 0 aliphatic carbocycles. The number of hydrogen-bond donors (Lipinski definition) is 0. The van der Waals surface area contributed by atoms with Crippen LogP contribution < -0.4 is 4.90 Å². The molecule has 1 fully saturated rings. The summed E-state index contributed by atoms with van der Waals surface area (Å²) in [6, 6.07) is 11.0. The zero-order chi connectivity index (χ0) is 16.9. The molecule has 5 heteroatoms. The van der Waals surface area contributed by atoms with Crippen LogP contribution in [0.1, 0.15) is 15.9 Å². The summed E-state index contributed by atoms with van der Waals surface area (Å²) in [5.74, 6) is -2.40. The molecule has 124 valence electrons. The first kappa shape index (κ1) is 16.3. The number of anilines is 1. The average Bonchev–Trinajstić information content (AvgIpc) is 2.61. The zero-order valence-electron chi connectivity index (χ0n) is 13.0. The lowest BCUT2D eigenvalue weighted by atomic mass is 10.1. The zero-order valence-corrected chi connectivity index (χ0v) is 13.0. The number of halogens is 2. The Balaban J connectivity index is 1.71. The van der Waals surface area contributed by atoms with Crippen molar-refractivity contribution in [3.8, 4) is 0 Å². The molecule has 0 radical (unpaired) electrons. The first-order valence-corrected chi connectivity index (χ1v) is 7.74. The third-order valence-corrected chi connectivity index (χ3v) is 3.91. The van der Waals surface area contributed by atoms with E-state index in [-0.39, 0.29) is 0 Å². The fourth-order valence-corrected chi connectivity index (χ4v) is 2.61. The van der Waals surface area contributed by atoms with Crippen LogP contribution in [0, 0.1) is 11.6 Å². The summed E-state index contributed by atoms with van der Waals surface area (Å²) in [5, 5.41) is 0. The summed E-state index contributed by atoms with van der Waals surface area (Å²) < 4.78 is 32.5. The van der Waals surface area contributed by atoms with Gasteiger partial charge in [-0.3, -0.25) is 4.79 Å². The molecule has 0 N–H and O–H groups in total. The van der Waals surface area contributed by atoms with Gasteiger partial charge in [-0.05, 0) is 35.9 Å². The molecule has 3 nitrogen and oxygen atoms in total. The Kier molecular flexibility index (Phi) is 5.01. The maximum atomic E-state index is 13.6. The number of nitrogens with zero attached hydrogens (tertiary/aromatic N) is 1. The van der Waals surface area contributed by atoms with Crippen LogP contribution in [0.25, 0.3) is 6.08 Å². The minimum Gasteiger partial charge on any atom is -0.378 e. The molecule has 0 spiro atoms. The fraction of sp³-hybridized carbons (Fsp3) is 0.211. The van der Waals surface area contributed by atoms with Gasteiger partial charge in [-0.1, -0.05) is 24.3 Å². The van der Waals surface area contributed by atoms with Gasteiger partial charge >= 0.3 is 0 Å². The Hall–Kier alpha value is -2.53. The van der Waals surface area contributed by atoms with E-state index in [1.165, 1.54) is 12.1 Å². The van der Waals surface area contributed by atoms with Crippen molar-refractivity contribution in [1.82, 2.24) is 0 Å². The number of carbonyl (C=O) groups excluding carboxylic acids is 1. The van der Waals surface area contributed by atoms with Gasteiger partial charge < -0.3 is 9.64 Å². The lowest BCUT2D eigenvalue weighted by Gasteiger charge is -2.28. The van der Waals surface area contributed by atoms with Crippen LogP contribution in [0.15, 0.2) is 48.5 Å². The van der Waals surface area contributed by atoms with Gasteiger partial charge in [-0.25, -0.2) is 8.78 Å². The standard InChI is InChI=1S/C19H17F2NO2/c20-16-2-1-3-17(21)19(16)18(23)9-6-14-4-7-15(8-5-14)22-10-12-24-13-11-22/h1-9H,10-13H2/b9-6+. The van der Waals surface area contributed by atoms with Crippen molar-refractivity contribution in [2.75, 3.05) is 31.2 Å². The second-order valence-corrected chi connectivity index (χ2v) is 5.49. The van der Waals surface area contributed by atoms with E-state index in [1.54, 1.807) is 6.08 Å². The summed E-state index contributed by atoms with van der Waals surface area (Å²) >= 11 is 0. The van der Waals surface area contributed by atoms with Gasteiger partial charge in [0.25, 0.3) is 0 Å². The molecule has 2 aromatic rings. The van der Waals surface area contributed by atoms with E-state index >= 15 is 0 Å². The third-order valence-electron chi connectivity index (χ3n) is 3.91. The molecular formula is C19H17F2NO2. The van der Waals surface area contributed by atoms with Crippen molar-refractivity contribution in [2.45, 2.75) is 0 Å². The van der Waals surface area contributed by atoms with Gasteiger partial charge in [0.1, 0.15) is 11.6 Å². The number of ether oxygens (including phenoxy) is 1. The predicted molar refractivity (Wildman–Crippen MR) is 89.2 cm³/mol. The van der Waals surface area contributed by atoms with E-state index in [4.69, 9.17) is 4.74 Å². The van der Waals surface area contributed by atoms with Crippen LogP contribution in [0.2, 0.25) is 0 Å². The maximum Gasteiger partial charge on any atom is 0.191 e. The lowest BCUT2D eigenvalue weighted by molar-refractivity contribution is 0.104. The van der Waals surface area contributed by atoms with Crippen LogP contribution >= 0.6 is 0 Å². The molecule has 2 aromatic carbocycles. The van der Waals surface area contributed by atoms with Crippen molar-refractivity contribution in [3.05, 3.63) is 71.3 Å². The number of benzene rings is 2. The van der Waals surface area contributed by atoms with Gasteiger partial charge in [0.15, 0.2) is 5.78 Å². The molecule has 3 rings (SSSR count). The molecule has 0 saturated carbocycles. The molecule has 0 unspecified atom stereocenters. The smallest absolute Gasteiger partial charge is 0.191 e. The van der Waals surface area contributed by atoms with Crippen molar-refractivity contribution in [1.29, 1.82) is 0 Å². The fourth-order valence-electron chi connectivity index (χ4n) is 2.61. The van der Waals surface area contributed by atoms with Gasteiger partial charge in [-0.15, -0.1) is 0 Å². The molecule has 1 heterocycles. The van der Waals surface area contributed by atoms with E-state index in [9.17, 15) is 13.6 Å². The second kappa shape index (κ2) is 7.36. The first-order chi connectivity index (χ1) is 11.6. The highest BCUT2D eigenvalue weighted by Crippen LogP contribution is 2.18. The van der Waals surface area contributed by atoms with Crippen molar-refractivity contribution < 1.29 is 18.3 Å². The van der Waals surface area contributed by atoms with Gasteiger partial charge in [0, 0.05) is 18.8 Å². The van der Waals surface area contributed by atoms with Crippen LogP contribution in [0.4, 0.5) is 14.5 Å². The number of rotatable bonds is 4. The number of carbonyl (C=O) groups is 1. The number of ketones is 1. The molecular weight excluding hydrogens is 312 g/mol. The number of allylic oxidation sites excluding steroid dienone is 1. The largest absolute Gasteiger partial charge is 0.378 e. The van der Waals surface area contributed by atoms with Gasteiger partial charge in [0.05, 0.1) is 18.8 Å². The molecule has 0 aromatic heterocycles. The third kappa shape index (κ3) is 3.68. The van der Waals surface area contributed by atoms with Gasteiger partial charge in [-0.2, -0.15) is 0 Å². The quantitative estimate of drug-likeness (QED) is 0.633. The average molecular weight is 329 g/mol. The molecule has 0 amide bonds. The van der Waals surface area contributed by atoms with E-state index in [1.807, 2.05) is 24.3 Å². The van der Waals surface area contributed by atoms with Crippen molar-refractivity contribution in [3.63, 3.8) is 0 Å². The van der Waals surface area contributed by atoms with Crippen molar-refractivity contribution >= 4 is 17.5 Å². The lowest BCUT2D eigenvalue weighted by Crippen LogP contribution is -2.36. The molecule has 1 aliphatic rings. The van der Waals surface area contributed by atoms with Crippen LogP contribution in [0.3, 0.4) is 0 Å². The Morgan fingerprint density at radius 2 is 1.62 bits per heavy atom. The van der Waals surface area contributed by atoms with Crippen LogP contribution in [0.5, 0.6) is 0 Å².